The molecule has 0 aliphatic heterocycles. The van der Waals surface area contributed by atoms with E-state index in [0.717, 1.165) is 0 Å². The molecule has 0 aromatic carbocycles. The first-order valence-electron chi connectivity index (χ1n) is 4.16. The maximum absolute atomic E-state index is 12.9. The van der Waals surface area contributed by atoms with E-state index in [2.05, 4.69) is 4.74 Å². The molecule has 0 radical (unpaired) electrons. The smallest absolute Gasteiger partial charge is 0.249 e. The highest BCUT2D eigenvalue weighted by Gasteiger charge is 2.51. The second kappa shape index (κ2) is 5.02. The Morgan fingerprint density at radius 3 is 1.73 bits per heavy atom. The van der Waals surface area contributed by atoms with Crippen molar-refractivity contribution in [3.63, 3.8) is 0 Å². The van der Waals surface area contributed by atoms with E-state index in [0.29, 0.717) is 0 Å². The standard InChI is InChI=1S/C7H11F6NO/c1-3-14(4-2)6(9,10)5(8)15-7(11,12)13/h5H,3-4H2,1-2H3. The molecule has 0 bridgehead atoms. The van der Waals surface area contributed by atoms with Gasteiger partial charge < -0.3 is 0 Å². The molecule has 0 aromatic heterocycles. The predicted octanol–water partition coefficient (Wildman–Crippen LogP) is 2.75. The zero-order valence-corrected chi connectivity index (χ0v) is 8.11. The van der Waals surface area contributed by atoms with Gasteiger partial charge in [0.2, 0.25) is 0 Å². The average Bonchev–Trinajstić information content (AvgIpc) is 2.02. The summed E-state index contributed by atoms with van der Waals surface area (Å²) in [5.41, 5.74) is 0. The summed E-state index contributed by atoms with van der Waals surface area (Å²) in [7, 11) is 0. The molecule has 0 heterocycles. The molecule has 0 aliphatic rings. The minimum atomic E-state index is -5.42. The van der Waals surface area contributed by atoms with E-state index in [-0.39, 0.29) is 18.0 Å². The Hall–Kier alpha value is -0.500. The SMILES string of the molecule is CCN(CC)C(F)(F)C(F)OC(F)(F)F. The topological polar surface area (TPSA) is 12.5 Å². The second-order valence-corrected chi connectivity index (χ2v) is 2.64. The summed E-state index contributed by atoms with van der Waals surface area (Å²) in [6.45, 7) is 1.98. The number of alkyl halides is 6. The molecule has 15 heavy (non-hydrogen) atoms. The first-order chi connectivity index (χ1) is 6.65. The third-order valence-electron chi connectivity index (χ3n) is 1.70. The lowest BCUT2D eigenvalue weighted by Gasteiger charge is -2.31. The Bertz CT molecular complexity index is 190. The fourth-order valence-electron chi connectivity index (χ4n) is 0.977. The van der Waals surface area contributed by atoms with Crippen molar-refractivity contribution in [2.24, 2.45) is 0 Å². The van der Waals surface area contributed by atoms with Gasteiger partial charge in [-0.15, -0.1) is 13.2 Å². The fourth-order valence-corrected chi connectivity index (χ4v) is 0.977. The molecule has 2 nitrogen and oxygen atoms in total. The van der Waals surface area contributed by atoms with Crippen LogP contribution in [0.1, 0.15) is 13.8 Å². The van der Waals surface area contributed by atoms with Crippen LogP contribution in [0.2, 0.25) is 0 Å². The lowest BCUT2D eigenvalue weighted by Crippen LogP contribution is -2.50. The highest BCUT2D eigenvalue weighted by atomic mass is 19.4. The molecule has 0 spiro atoms. The minimum absolute atomic E-state index is 0.239. The van der Waals surface area contributed by atoms with Crippen LogP contribution in [-0.4, -0.2) is 36.8 Å². The van der Waals surface area contributed by atoms with E-state index in [1.54, 1.807) is 0 Å². The Labute approximate surface area is 82.8 Å². The Morgan fingerprint density at radius 1 is 1.07 bits per heavy atom. The fraction of sp³-hybridized carbons (Fsp3) is 1.00. The molecule has 0 N–H and O–H groups in total. The summed E-state index contributed by atoms with van der Waals surface area (Å²) in [6.07, 6.45) is -9.15. The maximum Gasteiger partial charge on any atom is 0.525 e. The molecule has 0 saturated heterocycles. The van der Waals surface area contributed by atoms with Gasteiger partial charge in [0, 0.05) is 13.1 Å². The van der Waals surface area contributed by atoms with Crippen molar-refractivity contribution in [1.82, 2.24) is 4.90 Å². The van der Waals surface area contributed by atoms with E-state index < -0.39 is 18.8 Å². The van der Waals surface area contributed by atoms with Crippen molar-refractivity contribution in [3.8, 4) is 0 Å². The van der Waals surface area contributed by atoms with Gasteiger partial charge in [0.25, 0.3) is 6.36 Å². The molecule has 1 atom stereocenters. The molecular weight excluding hydrogens is 228 g/mol. The van der Waals surface area contributed by atoms with Gasteiger partial charge in [-0.2, -0.15) is 8.78 Å². The number of hydrogen-bond acceptors (Lipinski definition) is 2. The highest BCUT2D eigenvalue weighted by Crippen LogP contribution is 2.31. The summed E-state index contributed by atoms with van der Waals surface area (Å²) in [5.74, 6) is 0. The summed E-state index contributed by atoms with van der Waals surface area (Å²) < 4.78 is 75.6. The molecular formula is C7H11F6NO. The Morgan fingerprint density at radius 2 is 1.47 bits per heavy atom. The van der Waals surface area contributed by atoms with Gasteiger partial charge in [-0.1, -0.05) is 13.8 Å². The van der Waals surface area contributed by atoms with E-state index in [4.69, 9.17) is 0 Å². The van der Waals surface area contributed by atoms with Crippen molar-refractivity contribution in [1.29, 1.82) is 0 Å². The molecule has 0 saturated carbocycles. The minimum Gasteiger partial charge on any atom is -0.249 e. The van der Waals surface area contributed by atoms with Crippen molar-refractivity contribution in [3.05, 3.63) is 0 Å². The maximum atomic E-state index is 12.9. The summed E-state index contributed by atoms with van der Waals surface area (Å²) in [4.78, 5) is 0.239. The molecule has 1 unspecified atom stereocenters. The van der Waals surface area contributed by atoms with Gasteiger partial charge in [0.05, 0.1) is 0 Å². The molecule has 0 amide bonds. The van der Waals surface area contributed by atoms with Crippen LogP contribution in [0, 0.1) is 0 Å². The van der Waals surface area contributed by atoms with Gasteiger partial charge in [0.15, 0.2) is 0 Å². The van der Waals surface area contributed by atoms with Crippen molar-refractivity contribution < 1.29 is 31.1 Å². The van der Waals surface area contributed by atoms with Crippen LogP contribution in [0.3, 0.4) is 0 Å². The van der Waals surface area contributed by atoms with Gasteiger partial charge in [-0.25, -0.2) is 14.0 Å². The first kappa shape index (κ1) is 14.5. The third kappa shape index (κ3) is 4.25. The van der Waals surface area contributed by atoms with Crippen molar-refractivity contribution in [2.75, 3.05) is 13.1 Å². The number of rotatable bonds is 5. The van der Waals surface area contributed by atoms with Gasteiger partial charge in [-0.3, -0.25) is 0 Å². The lowest BCUT2D eigenvalue weighted by molar-refractivity contribution is -0.403. The number of halogens is 6. The second-order valence-electron chi connectivity index (χ2n) is 2.64. The molecule has 92 valence electrons. The monoisotopic (exact) mass is 239 g/mol. The highest BCUT2D eigenvalue weighted by molar-refractivity contribution is 4.71. The van der Waals surface area contributed by atoms with Crippen LogP contribution in [0.25, 0.3) is 0 Å². The summed E-state index contributed by atoms with van der Waals surface area (Å²) in [6, 6.07) is -4.29. The van der Waals surface area contributed by atoms with Crippen LogP contribution in [0.4, 0.5) is 26.3 Å². The lowest BCUT2D eigenvalue weighted by atomic mass is 10.4. The first-order valence-corrected chi connectivity index (χ1v) is 4.16. The molecule has 0 rings (SSSR count). The normalized spacial score (nSPS) is 15.8. The third-order valence-corrected chi connectivity index (χ3v) is 1.70. The number of ether oxygens (including phenoxy) is 1. The zero-order chi connectivity index (χ0) is 12.3. The van der Waals surface area contributed by atoms with E-state index in [1.807, 2.05) is 0 Å². The van der Waals surface area contributed by atoms with Crippen LogP contribution in [-0.2, 0) is 4.74 Å². The summed E-state index contributed by atoms with van der Waals surface area (Å²) in [5, 5.41) is 0. The predicted molar refractivity (Wildman–Crippen MR) is 39.9 cm³/mol. The number of nitrogens with zero attached hydrogens (tertiary/aromatic N) is 1. The largest absolute Gasteiger partial charge is 0.525 e. The number of likely N-dealkylation sites (N-methyl/N-ethyl adjacent to an activating group) is 1. The van der Waals surface area contributed by atoms with Gasteiger partial charge in [0.1, 0.15) is 0 Å². The van der Waals surface area contributed by atoms with Crippen LogP contribution in [0.15, 0.2) is 0 Å². The average molecular weight is 239 g/mol. The molecule has 0 aromatic rings. The van der Waals surface area contributed by atoms with E-state index >= 15 is 0 Å². The number of hydrogen-bond donors (Lipinski definition) is 0. The van der Waals surface area contributed by atoms with Crippen molar-refractivity contribution in [2.45, 2.75) is 32.6 Å². The molecule has 0 aliphatic carbocycles. The van der Waals surface area contributed by atoms with E-state index in [9.17, 15) is 26.3 Å². The van der Waals surface area contributed by atoms with E-state index in [1.165, 1.54) is 13.8 Å². The Kier molecular flexibility index (Phi) is 4.85. The van der Waals surface area contributed by atoms with Crippen LogP contribution < -0.4 is 0 Å². The summed E-state index contributed by atoms with van der Waals surface area (Å²) >= 11 is 0. The van der Waals surface area contributed by atoms with Crippen molar-refractivity contribution >= 4 is 0 Å². The molecule has 8 heteroatoms. The Balaban J connectivity index is 4.56. The zero-order valence-electron chi connectivity index (χ0n) is 8.11. The van der Waals surface area contributed by atoms with Gasteiger partial charge in [-0.05, 0) is 0 Å². The molecule has 0 fully saturated rings. The van der Waals surface area contributed by atoms with Crippen LogP contribution in [0.5, 0.6) is 0 Å². The quantitative estimate of drug-likeness (QED) is 0.540. The van der Waals surface area contributed by atoms with Gasteiger partial charge >= 0.3 is 12.4 Å². The van der Waals surface area contributed by atoms with Crippen LogP contribution >= 0.6 is 0 Å².